The standard InChI is InChI=1S/C13H12F5N3.ClH/c14-10-1-2-12(15)9(5-10)6-19-7-11-3-4-20-21(11)8-13(16,17)18;/h1-5,19H,6-8H2;1H. The first kappa shape index (κ1) is 18.4. The molecule has 9 heteroatoms. The number of hydrogen-bond acceptors (Lipinski definition) is 2. The van der Waals surface area contributed by atoms with Crippen molar-refractivity contribution in [2.45, 2.75) is 25.8 Å². The molecule has 3 nitrogen and oxygen atoms in total. The van der Waals surface area contributed by atoms with Crippen LogP contribution in [-0.2, 0) is 19.6 Å². The summed E-state index contributed by atoms with van der Waals surface area (Å²) in [5, 5.41) is 6.34. The Bertz CT molecular complexity index is 612. The van der Waals surface area contributed by atoms with Gasteiger partial charge in [-0.1, -0.05) is 0 Å². The molecule has 0 saturated carbocycles. The summed E-state index contributed by atoms with van der Waals surface area (Å²) in [4.78, 5) is 0. The Hall–Kier alpha value is -1.67. The molecule has 0 aliphatic rings. The highest BCUT2D eigenvalue weighted by Crippen LogP contribution is 2.18. The number of aromatic nitrogens is 2. The largest absolute Gasteiger partial charge is 0.408 e. The van der Waals surface area contributed by atoms with E-state index in [0.717, 1.165) is 22.9 Å². The fourth-order valence-electron chi connectivity index (χ4n) is 1.83. The van der Waals surface area contributed by atoms with Crippen LogP contribution in [0.4, 0.5) is 22.0 Å². The normalized spacial score (nSPS) is 11.3. The minimum Gasteiger partial charge on any atom is -0.307 e. The number of nitrogens with zero attached hydrogens (tertiary/aromatic N) is 2. The second-order valence-electron chi connectivity index (χ2n) is 4.43. The van der Waals surface area contributed by atoms with Gasteiger partial charge in [0.25, 0.3) is 0 Å². The van der Waals surface area contributed by atoms with Gasteiger partial charge in [0.1, 0.15) is 18.2 Å². The lowest BCUT2D eigenvalue weighted by atomic mass is 10.2. The molecule has 0 bridgehead atoms. The van der Waals surface area contributed by atoms with E-state index in [0.29, 0.717) is 5.69 Å². The molecule has 0 aliphatic carbocycles. The predicted octanol–water partition coefficient (Wildman–Crippen LogP) is 3.44. The number of nitrogens with one attached hydrogen (secondary N) is 1. The molecule has 0 spiro atoms. The Kier molecular flexibility index (Phi) is 6.31. The molecule has 0 radical (unpaired) electrons. The van der Waals surface area contributed by atoms with Crippen molar-refractivity contribution in [3.05, 3.63) is 53.4 Å². The smallest absolute Gasteiger partial charge is 0.307 e. The second kappa shape index (κ2) is 7.55. The number of rotatable bonds is 5. The quantitative estimate of drug-likeness (QED) is 0.844. The lowest BCUT2D eigenvalue weighted by molar-refractivity contribution is -0.143. The van der Waals surface area contributed by atoms with Gasteiger partial charge < -0.3 is 5.32 Å². The maximum atomic E-state index is 13.4. The van der Waals surface area contributed by atoms with E-state index in [2.05, 4.69) is 10.4 Å². The van der Waals surface area contributed by atoms with Gasteiger partial charge in [0.05, 0.1) is 5.69 Å². The SMILES string of the molecule is Cl.Fc1ccc(F)c(CNCc2ccnn2CC(F)(F)F)c1. The van der Waals surface area contributed by atoms with Crippen LogP contribution in [-0.4, -0.2) is 16.0 Å². The summed E-state index contributed by atoms with van der Waals surface area (Å²) in [6.07, 6.45) is -3.11. The molecule has 0 aliphatic heterocycles. The van der Waals surface area contributed by atoms with E-state index in [1.54, 1.807) is 0 Å². The van der Waals surface area contributed by atoms with Gasteiger partial charge in [0, 0.05) is 24.8 Å². The summed E-state index contributed by atoms with van der Waals surface area (Å²) in [5.41, 5.74) is 0.418. The Balaban J connectivity index is 0.00000242. The van der Waals surface area contributed by atoms with Gasteiger partial charge in [0.15, 0.2) is 0 Å². The topological polar surface area (TPSA) is 29.9 Å². The van der Waals surface area contributed by atoms with E-state index < -0.39 is 24.4 Å². The van der Waals surface area contributed by atoms with Crippen LogP contribution in [0, 0.1) is 11.6 Å². The van der Waals surface area contributed by atoms with E-state index in [1.807, 2.05) is 0 Å². The zero-order valence-corrected chi connectivity index (χ0v) is 12.0. The van der Waals surface area contributed by atoms with Crippen molar-refractivity contribution in [1.82, 2.24) is 15.1 Å². The minimum absolute atomic E-state index is 0. The maximum Gasteiger partial charge on any atom is 0.408 e. The van der Waals surface area contributed by atoms with Gasteiger partial charge in [-0.25, -0.2) is 8.78 Å². The molecule has 1 aromatic carbocycles. The van der Waals surface area contributed by atoms with Gasteiger partial charge in [-0.2, -0.15) is 18.3 Å². The van der Waals surface area contributed by atoms with Crippen molar-refractivity contribution in [3.8, 4) is 0 Å². The molecule has 0 amide bonds. The van der Waals surface area contributed by atoms with E-state index in [1.165, 1.54) is 12.3 Å². The van der Waals surface area contributed by atoms with Crippen LogP contribution in [0.5, 0.6) is 0 Å². The molecule has 1 aromatic heterocycles. The van der Waals surface area contributed by atoms with Gasteiger partial charge >= 0.3 is 6.18 Å². The molecule has 1 N–H and O–H groups in total. The molecular weight excluding hydrogens is 329 g/mol. The fourth-order valence-corrected chi connectivity index (χ4v) is 1.83. The van der Waals surface area contributed by atoms with Gasteiger partial charge in [-0.15, -0.1) is 12.4 Å². The second-order valence-corrected chi connectivity index (χ2v) is 4.43. The lowest BCUT2D eigenvalue weighted by Crippen LogP contribution is -2.23. The third-order valence-electron chi connectivity index (χ3n) is 2.76. The maximum absolute atomic E-state index is 13.4. The predicted molar refractivity (Wildman–Crippen MR) is 72.4 cm³/mol. The lowest BCUT2D eigenvalue weighted by Gasteiger charge is -2.11. The van der Waals surface area contributed by atoms with Crippen molar-refractivity contribution in [1.29, 1.82) is 0 Å². The zero-order chi connectivity index (χ0) is 15.5. The third kappa shape index (κ3) is 5.27. The first-order valence-corrected chi connectivity index (χ1v) is 6.07. The molecule has 22 heavy (non-hydrogen) atoms. The average Bonchev–Trinajstić information content (AvgIpc) is 2.79. The number of benzene rings is 1. The molecule has 0 fully saturated rings. The third-order valence-corrected chi connectivity index (χ3v) is 2.76. The molecule has 2 aromatic rings. The molecule has 0 saturated heterocycles. The molecular formula is C13H13ClF5N3. The molecule has 1 heterocycles. The highest BCUT2D eigenvalue weighted by Gasteiger charge is 2.29. The highest BCUT2D eigenvalue weighted by molar-refractivity contribution is 5.85. The van der Waals surface area contributed by atoms with Crippen LogP contribution in [0.2, 0.25) is 0 Å². The minimum atomic E-state index is -4.37. The van der Waals surface area contributed by atoms with Crippen LogP contribution in [0.1, 0.15) is 11.3 Å². The first-order chi connectivity index (χ1) is 9.85. The summed E-state index contributed by atoms with van der Waals surface area (Å²) in [7, 11) is 0. The molecule has 122 valence electrons. The summed E-state index contributed by atoms with van der Waals surface area (Å²) in [5.74, 6) is -1.15. The van der Waals surface area contributed by atoms with Crippen molar-refractivity contribution < 1.29 is 22.0 Å². The van der Waals surface area contributed by atoms with E-state index in [4.69, 9.17) is 0 Å². The van der Waals surface area contributed by atoms with E-state index >= 15 is 0 Å². The summed E-state index contributed by atoms with van der Waals surface area (Å²) < 4.78 is 64.1. The monoisotopic (exact) mass is 341 g/mol. The zero-order valence-electron chi connectivity index (χ0n) is 11.2. The van der Waals surface area contributed by atoms with E-state index in [-0.39, 0.29) is 31.1 Å². The average molecular weight is 342 g/mol. The van der Waals surface area contributed by atoms with Gasteiger partial charge in [-0.05, 0) is 24.3 Å². The van der Waals surface area contributed by atoms with Gasteiger partial charge in [0.2, 0.25) is 0 Å². The van der Waals surface area contributed by atoms with Crippen LogP contribution in [0.3, 0.4) is 0 Å². The van der Waals surface area contributed by atoms with Crippen LogP contribution >= 0.6 is 12.4 Å². The van der Waals surface area contributed by atoms with Crippen LogP contribution < -0.4 is 5.32 Å². The van der Waals surface area contributed by atoms with Crippen LogP contribution in [0.25, 0.3) is 0 Å². The molecule has 0 unspecified atom stereocenters. The fraction of sp³-hybridized carbons (Fsp3) is 0.308. The van der Waals surface area contributed by atoms with Crippen molar-refractivity contribution >= 4 is 12.4 Å². The van der Waals surface area contributed by atoms with Crippen molar-refractivity contribution in [2.24, 2.45) is 0 Å². The van der Waals surface area contributed by atoms with Crippen molar-refractivity contribution in [2.75, 3.05) is 0 Å². The summed E-state index contributed by atoms with van der Waals surface area (Å²) in [6, 6.07) is 4.47. The van der Waals surface area contributed by atoms with Gasteiger partial charge in [-0.3, -0.25) is 4.68 Å². The summed E-state index contributed by atoms with van der Waals surface area (Å²) >= 11 is 0. The van der Waals surface area contributed by atoms with Crippen molar-refractivity contribution in [3.63, 3.8) is 0 Å². The Labute approximate surface area is 129 Å². The number of halogens is 6. The molecule has 2 rings (SSSR count). The van der Waals surface area contributed by atoms with Crippen LogP contribution in [0.15, 0.2) is 30.5 Å². The number of alkyl halides is 3. The van der Waals surface area contributed by atoms with E-state index in [9.17, 15) is 22.0 Å². The first-order valence-electron chi connectivity index (χ1n) is 6.07. The highest BCUT2D eigenvalue weighted by atomic mass is 35.5. The number of hydrogen-bond donors (Lipinski definition) is 1. The Morgan fingerprint density at radius 2 is 1.82 bits per heavy atom. The molecule has 0 atom stereocenters. The Morgan fingerprint density at radius 3 is 2.50 bits per heavy atom. The Morgan fingerprint density at radius 1 is 1.09 bits per heavy atom. The summed E-state index contributed by atoms with van der Waals surface area (Å²) in [6.45, 7) is -1.13.